The molecular weight excluding hydrogens is 188 g/mol. The molecule has 0 saturated carbocycles. The van der Waals surface area contributed by atoms with Gasteiger partial charge in [-0.3, -0.25) is 4.79 Å². The van der Waals surface area contributed by atoms with Gasteiger partial charge in [0.2, 0.25) is 5.91 Å². The molecule has 84 valence electrons. The van der Waals surface area contributed by atoms with Crippen molar-refractivity contribution in [3.05, 3.63) is 0 Å². The second-order valence-electron chi connectivity index (χ2n) is 4.21. The first-order chi connectivity index (χ1) is 7.19. The lowest BCUT2D eigenvalue weighted by Gasteiger charge is -2.18. The van der Waals surface area contributed by atoms with Crippen LogP contribution in [0.4, 0.5) is 0 Å². The van der Waals surface area contributed by atoms with E-state index in [1.165, 1.54) is 0 Å². The predicted molar refractivity (Wildman–Crippen MR) is 61.2 cm³/mol. The minimum Gasteiger partial charge on any atom is -0.341 e. The van der Waals surface area contributed by atoms with E-state index in [1.54, 1.807) is 0 Å². The minimum absolute atomic E-state index is 0.0522. The maximum absolute atomic E-state index is 11.8. The summed E-state index contributed by atoms with van der Waals surface area (Å²) < 4.78 is 0. The van der Waals surface area contributed by atoms with E-state index < -0.39 is 0 Å². The Kier molecular flexibility index (Phi) is 4.64. The zero-order chi connectivity index (χ0) is 11.3. The van der Waals surface area contributed by atoms with E-state index in [0.29, 0.717) is 5.92 Å². The van der Waals surface area contributed by atoms with Gasteiger partial charge in [0.05, 0.1) is 12.1 Å². The summed E-state index contributed by atoms with van der Waals surface area (Å²) in [4.78, 5) is 11.8. The van der Waals surface area contributed by atoms with Crippen LogP contribution >= 0.6 is 0 Å². The molecule has 1 aliphatic rings. The molecule has 1 amide bonds. The molecule has 0 spiro atoms. The second kappa shape index (κ2) is 5.77. The van der Waals surface area contributed by atoms with Crippen LogP contribution in [-0.4, -0.2) is 24.5 Å². The van der Waals surface area contributed by atoms with Crippen LogP contribution in [-0.2, 0) is 4.79 Å². The quantitative estimate of drug-likeness (QED) is 0.674. The molecule has 0 bridgehead atoms. The molecule has 1 rings (SSSR count). The zero-order valence-electron chi connectivity index (χ0n) is 9.55. The summed E-state index contributed by atoms with van der Waals surface area (Å²) in [5.41, 5.74) is 0. The fraction of sp³-hybridized carbons (Fsp3) is 0.750. The zero-order valence-corrected chi connectivity index (χ0v) is 9.55. The maximum atomic E-state index is 11.8. The van der Waals surface area contributed by atoms with Gasteiger partial charge in [0.1, 0.15) is 0 Å². The van der Waals surface area contributed by atoms with Crippen molar-refractivity contribution in [1.29, 1.82) is 0 Å². The Labute approximate surface area is 92.0 Å². The number of nitrogens with one attached hydrogen (secondary N) is 2. The average molecular weight is 208 g/mol. The number of hydrogen-bond acceptors (Lipinski definition) is 2. The third-order valence-corrected chi connectivity index (χ3v) is 2.91. The SMILES string of the molecule is C#CC(CCC)NC(=O)C1NCCC1C. The Bertz CT molecular complexity index is 257. The highest BCUT2D eigenvalue weighted by Crippen LogP contribution is 2.14. The molecule has 3 nitrogen and oxygen atoms in total. The van der Waals surface area contributed by atoms with Crippen LogP contribution in [0.1, 0.15) is 33.1 Å². The van der Waals surface area contributed by atoms with Crippen molar-refractivity contribution in [3.63, 3.8) is 0 Å². The topological polar surface area (TPSA) is 41.1 Å². The van der Waals surface area contributed by atoms with Crippen molar-refractivity contribution in [3.8, 4) is 12.3 Å². The number of rotatable bonds is 4. The largest absolute Gasteiger partial charge is 0.341 e. The van der Waals surface area contributed by atoms with E-state index in [0.717, 1.165) is 25.8 Å². The molecular formula is C12H20N2O. The summed E-state index contributed by atoms with van der Waals surface area (Å²) in [6.07, 6.45) is 8.26. The first-order valence-electron chi connectivity index (χ1n) is 5.69. The highest BCUT2D eigenvalue weighted by Gasteiger charge is 2.29. The molecule has 1 saturated heterocycles. The fourth-order valence-corrected chi connectivity index (χ4v) is 1.93. The first kappa shape index (κ1) is 12.1. The number of hydrogen-bond donors (Lipinski definition) is 2. The van der Waals surface area contributed by atoms with Gasteiger partial charge in [-0.15, -0.1) is 6.42 Å². The standard InChI is InChI=1S/C12H20N2O/c1-4-6-10(5-2)14-12(15)11-9(3)7-8-13-11/h2,9-11,13H,4,6-8H2,1,3H3,(H,14,15). The molecule has 3 heteroatoms. The number of terminal acetylenes is 1. The lowest BCUT2D eigenvalue weighted by molar-refractivity contribution is -0.123. The van der Waals surface area contributed by atoms with E-state index in [4.69, 9.17) is 6.42 Å². The molecule has 0 aromatic rings. The number of carbonyl (C=O) groups excluding carboxylic acids is 1. The number of amides is 1. The van der Waals surface area contributed by atoms with Crippen molar-refractivity contribution in [2.75, 3.05) is 6.54 Å². The molecule has 2 N–H and O–H groups in total. The summed E-state index contributed by atoms with van der Waals surface area (Å²) in [7, 11) is 0. The van der Waals surface area contributed by atoms with Gasteiger partial charge in [0, 0.05) is 0 Å². The van der Waals surface area contributed by atoms with Crippen molar-refractivity contribution in [2.45, 2.75) is 45.2 Å². The Balaban J connectivity index is 2.43. The molecule has 0 aliphatic carbocycles. The Morgan fingerprint density at radius 1 is 1.73 bits per heavy atom. The predicted octanol–water partition coefficient (Wildman–Crippen LogP) is 0.902. The van der Waals surface area contributed by atoms with E-state index in [-0.39, 0.29) is 18.0 Å². The third-order valence-electron chi connectivity index (χ3n) is 2.91. The van der Waals surface area contributed by atoms with Crippen molar-refractivity contribution < 1.29 is 4.79 Å². The highest BCUT2D eigenvalue weighted by molar-refractivity contribution is 5.83. The van der Waals surface area contributed by atoms with Gasteiger partial charge in [-0.2, -0.15) is 0 Å². The molecule has 15 heavy (non-hydrogen) atoms. The van der Waals surface area contributed by atoms with Crippen molar-refractivity contribution in [1.82, 2.24) is 10.6 Å². The van der Waals surface area contributed by atoms with Gasteiger partial charge in [-0.25, -0.2) is 0 Å². The van der Waals surface area contributed by atoms with Gasteiger partial charge in [-0.05, 0) is 25.3 Å². The monoisotopic (exact) mass is 208 g/mol. The first-order valence-corrected chi connectivity index (χ1v) is 5.69. The summed E-state index contributed by atoms with van der Waals surface area (Å²) in [6, 6.07) is -0.171. The second-order valence-corrected chi connectivity index (χ2v) is 4.21. The van der Waals surface area contributed by atoms with Gasteiger partial charge in [0.15, 0.2) is 0 Å². The number of carbonyl (C=O) groups is 1. The Morgan fingerprint density at radius 2 is 2.47 bits per heavy atom. The van der Waals surface area contributed by atoms with Crippen LogP contribution in [0.25, 0.3) is 0 Å². The van der Waals surface area contributed by atoms with Gasteiger partial charge < -0.3 is 10.6 Å². The summed E-state index contributed by atoms with van der Waals surface area (Å²) in [6.45, 7) is 5.08. The average Bonchev–Trinajstić information content (AvgIpc) is 2.63. The van der Waals surface area contributed by atoms with Gasteiger partial charge in [-0.1, -0.05) is 26.2 Å². The molecule has 0 aromatic heterocycles. The highest BCUT2D eigenvalue weighted by atomic mass is 16.2. The molecule has 1 heterocycles. The molecule has 1 fully saturated rings. The normalized spacial score (nSPS) is 27.0. The molecule has 3 atom stereocenters. The lowest BCUT2D eigenvalue weighted by Crippen LogP contribution is -2.46. The van der Waals surface area contributed by atoms with E-state index in [2.05, 4.69) is 30.4 Å². The fourth-order valence-electron chi connectivity index (χ4n) is 1.93. The Hall–Kier alpha value is -1.01. The summed E-state index contributed by atoms with van der Waals surface area (Å²) >= 11 is 0. The van der Waals surface area contributed by atoms with Crippen LogP contribution in [0.3, 0.4) is 0 Å². The van der Waals surface area contributed by atoms with Crippen LogP contribution in [0, 0.1) is 18.3 Å². The van der Waals surface area contributed by atoms with Gasteiger partial charge >= 0.3 is 0 Å². The molecule has 3 unspecified atom stereocenters. The van der Waals surface area contributed by atoms with Crippen LogP contribution in [0.15, 0.2) is 0 Å². The van der Waals surface area contributed by atoms with Crippen LogP contribution < -0.4 is 10.6 Å². The Morgan fingerprint density at radius 3 is 2.93 bits per heavy atom. The van der Waals surface area contributed by atoms with E-state index in [1.807, 2.05) is 0 Å². The van der Waals surface area contributed by atoms with Gasteiger partial charge in [0.25, 0.3) is 0 Å². The molecule has 0 aromatic carbocycles. The van der Waals surface area contributed by atoms with Crippen LogP contribution in [0.2, 0.25) is 0 Å². The minimum atomic E-state index is -0.114. The smallest absolute Gasteiger partial charge is 0.238 e. The molecule has 1 aliphatic heterocycles. The van der Waals surface area contributed by atoms with E-state index >= 15 is 0 Å². The third kappa shape index (κ3) is 3.24. The van der Waals surface area contributed by atoms with E-state index in [9.17, 15) is 4.79 Å². The lowest BCUT2D eigenvalue weighted by atomic mass is 10.0. The summed E-state index contributed by atoms with van der Waals surface area (Å²) in [5.74, 6) is 3.07. The van der Waals surface area contributed by atoms with Crippen LogP contribution in [0.5, 0.6) is 0 Å². The molecule has 0 radical (unpaired) electrons. The maximum Gasteiger partial charge on any atom is 0.238 e. The van der Waals surface area contributed by atoms with Crippen molar-refractivity contribution >= 4 is 5.91 Å². The van der Waals surface area contributed by atoms with Crippen molar-refractivity contribution in [2.24, 2.45) is 5.92 Å². The summed E-state index contributed by atoms with van der Waals surface area (Å²) in [5, 5.41) is 6.10.